The van der Waals surface area contributed by atoms with Crippen molar-refractivity contribution in [1.82, 2.24) is 9.78 Å². The first kappa shape index (κ1) is 21.5. The molecule has 0 fully saturated rings. The van der Waals surface area contributed by atoms with Crippen LogP contribution in [0.3, 0.4) is 0 Å². The third-order valence-electron chi connectivity index (χ3n) is 6.34. The number of hydrogen-bond donors (Lipinski definition) is 2. The van der Waals surface area contributed by atoms with Crippen LogP contribution in [-0.2, 0) is 4.79 Å². The molecule has 0 unspecified atom stereocenters. The first-order valence-corrected chi connectivity index (χ1v) is 11.4. The summed E-state index contributed by atoms with van der Waals surface area (Å²) < 4.78 is 1.71. The number of rotatable bonds is 3. The number of nitrogens with one attached hydrogen (secondary N) is 2. The predicted molar refractivity (Wildman–Crippen MR) is 130 cm³/mol. The molecule has 3 aromatic rings. The van der Waals surface area contributed by atoms with E-state index in [4.69, 9.17) is 11.6 Å². The van der Waals surface area contributed by atoms with Gasteiger partial charge in [-0.05, 0) is 42.0 Å². The van der Waals surface area contributed by atoms with E-state index in [-0.39, 0.29) is 17.1 Å². The molecule has 5 rings (SSSR count). The number of anilines is 2. The third-order valence-corrected chi connectivity index (χ3v) is 6.68. The number of para-hydroxylation sites is 1. The van der Waals surface area contributed by atoms with Crippen LogP contribution in [0.1, 0.15) is 54.2 Å². The largest absolute Gasteiger partial charge is 0.343 e. The van der Waals surface area contributed by atoms with Crippen molar-refractivity contribution in [3.05, 3.63) is 87.7 Å². The van der Waals surface area contributed by atoms with E-state index in [1.807, 2.05) is 55.5 Å². The van der Waals surface area contributed by atoms with Crippen LogP contribution in [-0.4, -0.2) is 21.5 Å². The molecule has 168 valence electrons. The highest BCUT2D eigenvalue weighted by Crippen LogP contribution is 2.47. The number of nitrogens with zero attached hydrogens (tertiary/aromatic N) is 2. The summed E-state index contributed by atoms with van der Waals surface area (Å²) in [6.45, 7) is 6.11. The van der Waals surface area contributed by atoms with Crippen LogP contribution in [0.2, 0.25) is 5.02 Å². The molecule has 1 atom stereocenters. The minimum absolute atomic E-state index is 0.0748. The van der Waals surface area contributed by atoms with E-state index in [9.17, 15) is 9.59 Å². The monoisotopic (exact) mass is 460 g/mol. The standard InChI is InChI=1S/C26H25ClN4O2/c1-15-8-4-7-11-19(15)30-25(33)17-14-28-31-23(16-9-5-6-10-18(16)27)22-20(29-24(17)31)12-26(2,3)13-21(22)32/h4-11,14,23,29H,12-13H2,1-3H3,(H,30,33)/t23-/m1/s1. The van der Waals surface area contributed by atoms with Crippen molar-refractivity contribution in [3.63, 3.8) is 0 Å². The van der Waals surface area contributed by atoms with E-state index in [1.54, 1.807) is 10.9 Å². The zero-order chi connectivity index (χ0) is 23.3. The highest BCUT2D eigenvalue weighted by atomic mass is 35.5. The maximum atomic E-state index is 13.3. The number of carbonyl (C=O) groups is 2. The van der Waals surface area contributed by atoms with Crippen molar-refractivity contribution in [2.75, 3.05) is 10.6 Å². The number of carbonyl (C=O) groups excluding carboxylic acids is 2. The zero-order valence-corrected chi connectivity index (χ0v) is 19.5. The summed E-state index contributed by atoms with van der Waals surface area (Å²) >= 11 is 6.58. The van der Waals surface area contributed by atoms with Crippen molar-refractivity contribution in [1.29, 1.82) is 0 Å². The van der Waals surface area contributed by atoms with Gasteiger partial charge in [-0.2, -0.15) is 5.10 Å². The first-order valence-electron chi connectivity index (χ1n) is 11.0. The SMILES string of the molecule is Cc1ccccc1NC(=O)c1cnn2c1NC1=C(C(=O)CC(C)(C)C1)[C@H]2c1ccccc1Cl. The molecule has 0 saturated heterocycles. The molecule has 0 spiro atoms. The second-order valence-corrected chi connectivity index (χ2v) is 9.91. The number of Topliss-reactive ketones (excluding diaryl/α,β-unsaturated/α-hetero) is 1. The summed E-state index contributed by atoms with van der Waals surface area (Å²) in [6, 6.07) is 14.6. The second-order valence-electron chi connectivity index (χ2n) is 9.50. The van der Waals surface area contributed by atoms with Crippen molar-refractivity contribution in [2.24, 2.45) is 5.41 Å². The van der Waals surface area contributed by atoms with E-state index >= 15 is 0 Å². The van der Waals surface area contributed by atoms with Gasteiger partial charge in [0.2, 0.25) is 0 Å². The van der Waals surface area contributed by atoms with E-state index < -0.39 is 6.04 Å². The number of aromatic nitrogens is 2. The fraction of sp³-hybridized carbons (Fsp3) is 0.269. The lowest BCUT2D eigenvalue weighted by molar-refractivity contribution is -0.118. The topological polar surface area (TPSA) is 76.0 Å². The van der Waals surface area contributed by atoms with Gasteiger partial charge in [-0.15, -0.1) is 0 Å². The molecule has 1 aliphatic heterocycles. The highest BCUT2D eigenvalue weighted by Gasteiger charge is 2.42. The Morgan fingerprint density at radius 3 is 2.64 bits per heavy atom. The maximum Gasteiger partial charge on any atom is 0.261 e. The van der Waals surface area contributed by atoms with Gasteiger partial charge in [0.1, 0.15) is 17.4 Å². The molecule has 0 bridgehead atoms. The Hall–Kier alpha value is -3.38. The number of halogens is 1. The quantitative estimate of drug-likeness (QED) is 0.521. The number of amides is 1. The highest BCUT2D eigenvalue weighted by molar-refractivity contribution is 6.31. The first-order chi connectivity index (χ1) is 15.7. The molecule has 2 aliphatic rings. The Bertz CT molecular complexity index is 1320. The van der Waals surface area contributed by atoms with Gasteiger partial charge >= 0.3 is 0 Å². The molecular formula is C26H25ClN4O2. The van der Waals surface area contributed by atoms with Gasteiger partial charge < -0.3 is 10.6 Å². The van der Waals surface area contributed by atoms with Crippen molar-refractivity contribution in [2.45, 2.75) is 39.7 Å². The van der Waals surface area contributed by atoms with Crippen LogP contribution in [0.25, 0.3) is 0 Å². The summed E-state index contributed by atoms with van der Waals surface area (Å²) in [5.74, 6) is 0.377. The van der Waals surface area contributed by atoms with Crippen LogP contribution in [0.15, 0.2) is 66.0 Å². The molecule has 2 heterocycles. The molecule has 2 N–H and O–H groups in total. The van der Waals surface area contributed by atoms with Gasteiger partial charge in [-0.1, -0.05) is 61.8 Å². The van der Waals surface area contributed by atoms with Gasteiger partial charge in [0.25, 0.3) is 5.91 Å². The van der Waals surface area contributed by atoms with Crippen LogP contribution in [0.5, 0.6) is 0 Å². The summed E-state index contributed by atoms with van der Waals surface area (Å²) in [5.41, 5.74) is 4.24. The average Bonchev–Trinajstić information content (AvgIpc) is 3.17. The number of benzene rings is 2. The summed E-state index contributed by atoms with van der Waals surface area (Å²) in [6.07, 6.45) is 2.69. The van der Waals surface area contributed by atoms with Gasteiger partial charge in [-0.25, -0.2) is 4.68 Å². The van der Waals surface area contributed by atoms with Crippen LogP contribution < -0.4 is 10.6 Å². The Kier molecular flexibility index (Phi) is 5.13. The van der Waals surface area contributed by atoms with E-state index in [2.05, 4.69) is 29.6 Å². The minimum Gasteiger partial charge on any atom is -0.343 e. The Morgan fingerprint density at radius 1 is 1.15 bits per heavy atom. The molecule has 7 heteroatoms. The Labute approximate surface area is 197 Å². The average molecular weight is 461 g/mol. The summed E-state index contributed by atoms with van der Waals surface area (Å²) in [4.78, 5) is 26.6. The molecule has 33 heavy (non-hydrogen) atoms. The normalized spacial score (nSPS) is 18.9. The van der Waals surface area contributed by atoms with E-state index in [0.717, 1.165) is 22.5 Å². The van der Waals surface area contributed by atoms with Crippen molar-refractivity contribution < 1.29 is 9.59 Å². The number of fused-ring (bicyclic) bond motifs is 1. The number of hydrogen-bond acceptors (Lipinski definition) is 4. The molecular weight excluding hydrogens is 436 g/mol. The zero-order valence-electron chi connectivity index (χ0n) is 18.8. The third kappa shape index (κ3) is 3.74. The van der Waals surface area contributed by atoms with Crippen molar-refractivity contribution in [3.8, 4) is 0 Å². The van der Waals surface area contributed by atoms with Gasteiger partial charge in [0.05, 0.1) is 6.20 Å². The fourth-order valence-electron chi connectivity index (χ4n) is 4.76. The van der Waals surface area contributed by atoms with Gasteiger partial charge in [0, 0.05) is 28.4 Å². The Morgan fingerprint density at radius 2 is 1.88 bits per heavy atom. The number of allylic oxidation sites excluding steroid dienone is 2. The molecule has 1 aliphatic carbocycles. The maximum absolute atomic E-state index is 13.3. The lowest BCUT2D eigenvalue weighted by atomic mass is 9.73. The van der Waals surface area contributed by atoms with Gasteiger partial charge in [0.15, 0.2) is 5.78 Å². The van der Waals surface area contributed by atoms with E-state index in [0.29, 0.717) is 34.8 Å². The predicted octanol–water partition coefficient (Wildman–Crippen LogP) is 5.76. The lowest BCUT2D eigenvalue weighted by Gasteiger charge is -2.39. The van der Waals surface area contributed by atoms with Crippen LogP contribution >= 0.6 is 11.6 Å². The smallest absolute Gasteiger partial charge is 0.261 e. The number of ketones is 1. The molecule has 1 aromatic heterocycles. The molecule has 2 aromatic carbocycles. The van der Waals surface area contributed by atoms with Gasteiger partial charge in [-0.3, -0.25) is 9.59 Å². The summed E-state index contributed by atoms with van der Waals surface area (Å²) in [5, 5.41) is 11.5. The molecule has 0 saturated carbocycles. The molecule has 6 nitrogen and oxygen atoms in total. The molecule has 0 radical (unpaired) electrons. The Balaban J connectivity index is 1.62. The van der Waals surface area contributed by atoms with E-state index in [1.165, 1.54) is 0 Å². The van der Waals surface area contributed by atoms with Crippen molar-refractivity contribution >= 4 is 34.8 Å². The minimum atomic E-state index is -0.492. The second kappa shape index (κ2) is 7.89. The number of aryl methyl sites for hydroxylation is 1. The molecule has 1 amide bonds. The summed E-state index contributed by atoms with van der Waals surface area (Å²) in [7, 11) is 0. The fourth-order valence-corrected chi connectivity index (χ4v) is 5.00. The van der Waals surface area contributed by atoms with Crippen LogP contribution in [0.4, 0.5) is 11.5 Å². The van der Waals surface area contributed by atoms with Crippen LogP contribution in [0, 0.1) is 12.3 Å². The lowest BCUT2D eigenvalue weighted by Crippen LogP contribution is -2.37.